The molecular formula is C15H24N2O2S. The highest BCUT2D eigenvalue weighted by atomic mass is 32.2. The summed E-state index contributed by atoms with van der Waals surface area (Å²) in [6.07, 6.45) is 3.94. The second kappa shape index (κ2) is 6.70. The Hall–Kier alpha value is -0.910. The highest BCUT2D eigenvalue weighted by Gasteiger charge is 2.25. The van der Waals surface area contributed by atoms with Gasteiger partial charge in [0.15, 0.2) is 0 Å². The van der Waals surface area contributed by atoms with Crippen LogP contribution in [0, 0.1) is 0 Å². The Kier molecular flexibility index (Phi) is 5.18. The van der Waals surface area contributed by atoms with Gasteiger partial charge in [-0.05, 0) is 49.1 Å². The Morgan fingerprint density at radius 2 is 1.95 bits per heavy atom. The smallest absolute Gasteiger partial charge is 0.240 e. The lowest BCUT2D eigenvalue weighted by Gasteiger charge is -2.26. The topological polar surface area (TPSA) is 58.2 Å². The number of hydrogen-bond donors (Lipinski definition) is 2. The van der Waals surface area contributed by atoms with Crippen LogP contribution in [0.4, 0.5) is 0 Å². The summed E-state index contributed by atoms with van der Waals surface area (Å²) < 4.78 is 27.4. The first-order chi connectivity index (χ1) is 9.56. The molecule has 1 aliphatic carbocycles. The van der Waals surface area contributed by atoms with Crippen molar-refractivity contribution in [2.24, 2.45) is 0 Å². The van der Waals surface area contributed by atoms with Crippen LogP contribution in [-0.4, -0.2) is 21.0 Å². The van der Waals surface area contributed by atoms with Crippen molar-refractivity contribution >= 4 is 10.0 Å². The van der Waals surface area contributed by atoms with Gasteiger partial charge in [0.25, 0.3) is 0 Å². The Labute approximate surface area is 122 Å². The first-order valence-electron chi connectivity index (χ1n) is 7.41. The molecule has 0 saturated heterocycles. The van der Waals surface area contributed by atoms with Gasteiger partial charge in [-0.15, -0.1) is 0 Å². The summed E-state index contributed by atoms with van der Waals surface area (Å²) in [7, 11) is -3.37. The minimum absolute atomic E-state index is 0.128. The van der Waals surface area contributed by atoms with Crippen LogP contribution in [-0.2, 0) is 23.0 Å². The van der Waals surface area contributed by atoms with Crippen molar-refractivity contribution in [3.8, 4) is 0 Å². The molecule has 1 aromatic carbocycles. The van der Waals surface area contributed by atoms with Crippen LogP contribution in [0.1, 0.15) is 44.2 Å². The summed E-state index contributed by atoms with van der Waals surface area (Å²) in [5.74, 6) is 0. The third-order valence-electron chi connectivity index (χ3n) is 3.86. The van der Waals surface area contributed by atoms with E-state index in [1.807, 2.05) is 19.1 Å². The quantitative estimate of drug-likeness (QED) is 0.811. The van der Waals surface area contributed by atoms with E-state index in [-0.39, 0.29) is 6.04 Å². The third kappa shape index (κ3) is 3.59. The lowest BCUT2D eigenvalue weighted by Crippen LogP contribution is -2.39. The average Bonchev–Trinajstić information content (AvgIpc) is 2.40. The van der Waals surface area contributed by atoms with Crippen LogP contribution in [0.3, 0.4) is 0 Å². The standard InChI is InChI=1S/C15H24N2O2S/c1-3-12-8-9-15(10-13(12)11-16-4-2)20(18,19)17-14-6-5-7-14/h8-10,14,16-17H,3-7,11H2,1-2H3. The molecule has 0 unspecified atom stereocenters. The maximum Gasteiger partial charge on any atom is 0.240 e. The molecule has 0 amide bonds. The van der Waals surface area contributed by atoms with E-state index in [4.69, 9.17) is 0 Å². The minimum Gasteiger partial charge on any atom is -0.313 e. The van der Waals surface area contributed by atoms with Gasteiger partial charge in [-0.2, -0.15) is 0 Å². The Balaban J connectivity index is 2.22. The summed E-state index contributed by atoms with van der Waals surface area (Å²) in [4.78, 5) is 0.384. The van der Waals surface area contributed by atoms with Crippen molar-refractivity contribution in [3.05, 3.63) is 29.3 Å². The first-order valence-corrected chi connectivity index (χ1v) is 8.90. The molecule has 4 nitrogen and oxygen atoms in total. The molecule has 1 saturated carbocycles. The number of benzene rings is 1. The SMILES string of the molecule is CCNCc1cc(S(=O)(=O)NC2CCC2)ccc1CC. The summed E-state index contributed by atoms with van der Waals surface area (Å²) in [6, 6.07) is 5.59. The highest BCUT2D eigenvalue weighted by molar-refractivity contribution is 7.89. The molecule has 0 spiro atoms. The molecule has 1 aromatic rings. The zero-order valence-corrected chi connectivity index (χ0v) is 13.1. The van der Waals surface area contributed by atoms with E-state index in [2.05, 4.69) is 17.0 Å². The Bertz CT molecular complexity index is 551. The van der Waals surface area contributed by atoms with Crippen molar-refractivity contribution in [2.45, 2.75) is 57.0 Å². The predicted molar refractivity (Wildman–Crippen MR) is 81.2 cm³/mol. The largest absolute Gasteiger partial charge is 0.313 e. The molecule has 5 heteroatoms. The molecule has 0 aromatic heterocycles. The molecule has 1 aliphatic rings. The molecule has 1 fully saturated rings. The van der Waals surface area contributed by atoms with Crippen molar-refractivity contribution in [3.63, 3.8) is 0 Å². The van der Waals surface area contributed by atoms with E-state index in [1.54, 1.807) is 6.07 Å². The third-order valence-corrected chi connectivity index (χ3v) is 5.38. The van der Waals surface area contributed by atoms with Crippen LogP contribution in [0.15, 0.2) is 23.1 Å². The number of sulfonamides is 1. The van der Waals surface area contributed by atoms with Crippen LogP contribution < -0.4 is 10.0 Å². The van der Waals surface area contributed by atoms with E-state index in [9.17, 15) is 8.42 Å². The average molecular weight is 296 g/mol. The maximum absolute atomic E-state index is 12.3. The fourth-order valence-electron chi connectivity index (χ4n) is 2.35. The minimum atomic E-state index is -3.37. The summed E-state index contributed by atoms with van der Waals surface area (Å²) in [5.41, 5.74) is 2.28. The van der Waals surface area contributed by atoms with Crippen LogP contribution in [0.25, 0.3) is 0 Å². The van der Waals surface area contributed by atoms with Crippen molar-refractivity contribution in [1.82, 2.24) is 10.0 Å². The molecule has 0 bridgehead atoms. The fraction of sp³-hybridized carbons (Fsp3) is 0.600. The molecule has 20 heavy (non-hydrogen) atoms. The second-order valence-electron chi connectivity index (χ2n) is 5.31. The van der Waals surface area contributed by atoms with Gasteiger partial charge in [-0.3, -0.25) is 0 Å². The molecule has 0 aliphatic heterocycles. The van der Waals surface area contributed by atoms with Gasteiger partial charge in [0, 0.05) is 12.6 Å². The number of nitrogens with one attached hydrogen (secondary N) is 2. The van der Waals surface area contributed by atoms with Crippen LogP contribution >= 0.6 is 0 Å². The van der Waals surface area contributed by atoms with Crippen molar-refractivity contribution in [1.29, 1.82) is 0 Å². The van der Waals surface area contributed by atoms with E-state index in [0.29, 0.717) is 11.4 Å². The summed E-state index contributed by atoms with van der Waals surface area (Å²) in [6.45, 7) is 5.73. The molecular weight excluding hydrogens is 272 g/mol. The van der Waals surface area contributed by atoms with Crippen LogP contribution in [0.5, 0.6) is 0 Å². The molecule has 112 valence electrons. The van der Waals surface area contributed by atoms with Crippen molar-refractivity contribution in [2.75, 3.05) is 6.54 Å². The highest BCUT2D eigenvalue weighted by Crippen LogP contribution is 2.22. The monoisotopic (exact) mass is 296 g/mol. The zero-order chi connectivity index (χ0) is 14.6. The number of hydrogen-bond acceptors (Lipinski definition) is 3. The van der Waals surface area contributed by atoms with E-state index >= 15 is 0 Å². The summed E-state index contributed by atoms with van der Waals surface area (Å²) in [5, 5.41) is 3.27. The lowest BCUT2D eigenvalue weighted by atomic mass is 9.94. The lowest BCUT2D eigenvalue weighted by molar-refractivity contribution is 0.383. The summed E-state index contributed by atoms with van der Waals surface area (Å²) >= 11 is 0. The maximum atomic E-state index is 12.3. The second-order valence-corrected chi connectivity index (χ2v) is 7.03. The number of aryl methyl sites for hydroxylation is 1. The Morgan fingerprint density at radius 3 is 2.50 bits per heavy atom. The van der Waals surface area contributed by atoms with Gasteiger partial charge in [0.1, 0.15) is 0 Å². The molecule has 2 N–H and O–H groups in total. The van der Waals surface area contributed by atoms with Gasteiger partial charge in [-0.1, -0.05) is 26.3 Å². The fourth-order valence-corrected chi connectivity index (χ4v) is 3.71. The van der Waals surface area contributed by atoms with Gasteiger partial charge >= 0.3 is 0 Å². The molecule has 0 heterocycles. The normalized spacial score (nSPS) is 16.1. The Morgan fingerprint density at radius 1 is 1.20 bits per heavy atom. The molecule has 0 radical (unpaired) electrons. The first kappa shape index (κ1) is 15.5. The number of rotatable bonds is 7. The van der Waals surface area contributed by atoms with E-state index < -0.39 is 10.0 Å². The van der Waals surface area contributed by atoms with Gasteiger partial charge in [0.05, 0.1) is 4.90 Å². The van der Waals surface area contributed by atoms with E-state index in [1.165, 1.54) is 5.56 Å². The van der Waals surface area contributed by atoms with Crippen LogP contribution in [0.2, 0.25) is 0 Å². The zero-order valence-electron chi connectivity index (χ0n) is 12.3. The molecule has 2 rings (SSSR count). The predicted octanol–water partition coefficient (Wildman–Crippen LogP) is 2.19. The van der Waals surface area contributed by atoms with Crippen molar-refractivity contribution < 1.29 is 8.42 Å². The molecule has 0 atom stereocenters. The van der Waals surface area contributed by atoms with Gasteiger partial charge in [0.2, 0.25) is 10.0 Å². The van der Waals surface area contributed by atoms with Gasteiger partial charge < -0.3 is 5.32 Å². The van der Waals surface area contributed by atoms with Gasteiger partial charge in [-0.25, -0.2) is 13.1 Å². The van der Waals surface area contributed by atoms with E-state index in [0.717, 1.165) is 37.8 Å².